The maximum atomic E-state index is 13.9. The van der Waals surface area contributed by atoms with Crippen LogP contribution in [0.1, 0.15) is 24.2 Å². The van der Waals surface area contributed by atoms with E-state index in [1.165, 1.54) is 10.6 Å². The highest BCUT2D eigenvalue weighted by molar-refractivity contribution is 7.51. The van der Waals surface area contributed by atoms with E-state index in [0.717, 1.165) is 4.57 Å². The molecule has 0 unspecified atom stereocenters. The molecule has 0 bridgehead atoms. The Balaban J connectivity index is 1.94. The SMILES string of the molecule is C#CCn1c(=O)c2[nH]c(CCc3ccccc3F)nc2n(CCCCP(=O)(O)O)c1=O. The van der Waals surface area contributed by atoms with Gasteiger partial charge in [0, 0.05) is 19.1 Å². The predicted molar refractivity (Wildman–Crippen MR) is 113 cm³/mol. The number of benzene rings is 1. The lowest BCUT2D eigenvalue weighted by atomic mass is 10.1. The summed E-state index contributed by atoms with van der Waals surface area (Å²) in [7, 11) is -4.13. The first kappa shape index (κ1) is 22.7. The first-order valence-corrected chi connectivity index (χ1v) is 11.4. The van der Waals surface area contributed by atoms with Crippen LogP contribution in [-0.2, 0) is 30.5 Å². The molecular weight excluding hydrogens is 426 g/mol. The van der Waals surface area contributed by atoms with Crippen molar-refractivity contribution in [2.45, 2.75) is 38.8 Å². The summed E-state index contributed by atoms with van der Waals surface area (Å²) < 4.78 is 27.1. The smallest absolute Gasteiger partial charge is 0.333 e. The first-order valence-electron chi connectivity index (χ1n) is 9.65. The molecule has 0 atom stereocenters. The maximum absolute atomic E-state index is 13.9. The molecule has 9 nitrogen and oxygen atoms in total. The summed E-state index contributed by atoms with van der Waals surface area (Å²) in [6, 6.07) is 6.35. The number of terminal acetylenes is 1. The van der Waals surface area contributed by atoms with Crippen LogP contribution in [0.5, 0.6) is 0 Å². The number of nitrogens with one attached hydrogen (secondary N) is 1. The van der Waals surface area contributed by atoms with Crippen molar-refractivity contribution in [3.05, 3.63) is 62.3 Å². The van der Waals surface area contributed by atoms with E-state index in [2.05, 4.69) is 15.9 Å². The highest BCUT2D eigenvalue weighted by atomic mass is 31.2. The Kier molecular flexibility index (Phi) is 6.91. The summed E-state index contributed by atoms with van der Waals surface area (Å²) in [6.45, 7) is -0.114. The standard InChI is InChI=1S/C20H22FN4O5P/c1-2-11-25-19(26)17-18(24(20(25)27)12-5-6-13-31(28,29)30)23-16(22-17)10-9-14-7-3-4-8-15(14)21/h1,3-4,7-8H,5-6,9-13H2,(H,22,23)(H2,28,29,30). The number of aryl methyl sites for hydroxylation is 3. The van der Waals surface area contributed by atoms with Crippen LogP contribution >= 0.6 is 7.60 Å². The van der Waals surface area contributed by atoms with Gasteiger partial charge in [0.05, 0.1) is 6.54 Å². The van der Waals surface area contributed by atoms with E-state index in [-0.39, 0.29) is 42.7 Å². The van der Waals surface area contributed by atoms with Crippen molar-refractivity contribution in [3.8, 4) is 12.3 Å². The van der Waals surface area contributed by atoms with Crippen LogP contribution in [0.3, 0.4) is 0 Å². The van der Waals surface area contributed by atoms with Crippen LogP contribution in [0.25, 0.3) is 11.2 Å². The number of hydrogen-bond donors (Lipinski definition) is 3. The molecule has 11 heteroatoms. The zero-order chi connectivity index (χ0) is 22.6. The number of halogens is 1. The van der Waals surface area contributed by atoms with Crippen LogP contribution in [0, 0.1) is 18.2 Å². The number of rotatable bonds is 9. The molecule has 2 aromatic heterocycles. The van der Waals surface area contributed by atoms with E-state index in [0.29, 0.717) is 30.7 Å². The summed E-state index contributed by atoms with van der Waals surface area (Å²) in [5, 5.41) is 0. The molecule has 3 rings (SSSR count). The fourth-order valence-corrected chi connectivity index (χ4v) is 3.94. The fraction of sp³-hybridized carbons (Fsp3) is 0.350. The Labute approximate surface area is 176 Å². The lowest BCUT2D eigenvalue weighted by Gasteiger charge is -2.10. The summed E-state index contributed by atoms with van der Waals surface area (Å²) in [5.74, 6) is 2.35. The van der Waals surface area contributed by atoms with E-state index in [9.17, 15) is 18.5 Å². The molecular formula is C20H22FN4O5P. The summed E-state index contributed by atoms with van der Waals surface area (Å²) in [5.41, 5.74) is -0.494. The third kappa shape index (κ3) is 5.39. The largest absolute Gasteiger partial charge is 0.336 e. The molecule has 3 N–H and O–H groups in total. The minimum Gasteiger partial charge on any atom is -0.336 e. The van der Waals surface area contributed by atoms with Gasteiger partial charge in [-0.25, -0.2) is 18.7 Å². The van der Waals surface area contributed by atoms with Gasteiger partial charge in [0.25, 0.3) is 5.56 Å². The Morgan fingerprint density at radius 1 is 1.16 bits per heavy atom. The summed E-state index contributed by atoms with van der Waals surface area (Å²) >= 11 is 0. The normalized spacial score (nSPS) is 11.7. The molecule has 1 aromatic carbocycles. The molecule has 0 aliphatic heterocycles. The number of aromatic nitrogens is 4. The zero-order valence-electron chi connectivity index (χ0n) is 16.6. The van der Waals surface area contributed by atoms with Crippen LogP contribution in [0.15, 0.2) is 33.9 Å². The summed E-state index contributed by atoms with van der Waals surface area (Å²) in [6.07, 6.45) is 6.14. The van der Waals surface area contributed by atoms with Gasteiger partial charge < -0.3 is 14.8 Å². The lowest BCUT2D eigenvalue weighted by molar-refractivity contribution is 0.370. The van der Waals surface area contributed by atoms with Crippen molar-refractivity contribution in [2.75, 3.05) is 6.16 Å². The number of fused-ring (bicyclic) bond motifs is 1. The zero-order valence-corrected chi connectivity index (χ0v) is 17.5. The highest BCUT2D eigenvalue weighted by Gasteiger charge is 2.18. The van der Waals surface area contributed by atoms with Crippen LogP contribution in [0.4, 0.5) is 4.39 Å². The molecule has 0 spiro atoms. The molecule has 2 heterocycles. The molecule has 0 saturated heterocycles. The second kappa shape index (κ2) is 9.43. The van der Waals surface area contributed by atoms with E-state index < -0.39 is 18.8 Å². The second-order valence-corrected chi connectivity index (χ2v) is 8.88. The molecule has 164 valence electrons. The number of unbranched alkanes of at least 4 members (excludes halogenated alkanes) is 1. The Morgan fingerprint density at radius 3 is 2.58 bits per heavy atom. The molecule has 0 amide bonds. The molecule has 3 aromatic rings. The Hall–Kier alpha value is -2.99. The fourth-order valence-electron chi connectivity index (χ4n) is 3.31. The third-order valence-corrected chi connectivity index (χ3v) is 5.73. The third-order valence-electron chi connectivity index (χ3n) is 4.83. The van der Waals surface area contributed by atoms with Crippen molar-refractivity contribution >= 4 is 18.8 Å². The van der Waals surface area contributed by atoms with Gasteiger partial charge in [-0.05, 0) is 30.9 Å². The van der Waals surface area contributed by atoms with Crippen molar-refractivity contribution in [3.63, 3.8) is 0 Å². The van der Waals surface area contributed by atoms with Crippen molar-refractivity contribution in [2.24, 2.45) is 0 Å². The molecule has 0 aliphatic rings. The van der Waals surface area contributed by atoms with Gasteiger partial charge in [-0.2, -0.15) is 0 Å². The predicted octanol–water partition coefficient (Wildman–Crippen LogP) is 1.40. The van der Waals surface area contributed by atoms with Gasteiger partial charge >= 0.3 is 13.3 Å². The van der Waals surface area contributed by atoms with Gasteiger partial charge in [0.2, 0.25) is 0 Å². The molecule has 0 aliphatic carbocycles. The van der Waals surface area contributed by atoms with Gasteiger partial charge in [-0.3, -0.25) is 13.9 Å². The lowest BCUT2D eigenvalue weighted by Crippen LogP contribution is -2.40. The van der Waals surface area contributed by atoms with Crippen LogP contribution in [0.2, 0.25) is 0 Å². The van der Waals surface area contributed by atoms with Crippen LogP contribution in [-0.4, -0.2) is 35.1 Å². The number of hydrogen-bond acceptors (Lipinski definition) is 4. The minimum absolute atomic E-state index is 0.105. The topological polar surface area (TPSA) is 130 Å². The highest BCUT2D eigenvalue weighted by Crippen LogP contribution is 2.35. The number of nitrogens with zero attached hydrogens (tertiary/aromatic N) is 3. The van der Waals surface area contributed by atoms with Crippen LogP contribution < -0.4 is 11.2 Å². The van der Waals surface area contributed by atoms with E-state index in [1.807, 2.05) is 0 Å². The first-order chi connectivity index (χ1) is 14.7. The monoisotopic (exact) mass is 448 g/mol. The maximum Gasteiger partial charge on any atom is 0.333 e. The molecule has 0 radical (unpaired) electrons. The van der Waals surface area contributed by atoms with E-state index >= 15 is 0 Å². The van der Waals surface area contributed by atoms with Gasteiger partial charge in [0.15, 0.2) is 5.65 Å². The van der Waals surface area contributed by atoms with Crippen molar-refractivity contribution in [1.82, 2.24) is 19.1 Å². The average Bonchev–Trinajstić information content (AvgIpc) is 3.13. The average molecular weight is 448 g/mol. The molecule has 0 fully saturated rings. The van der Waals surface area contributed by atoms with Crippen molar-refractivity contribution < 1.29 is 18.7 Å². The molecule has 0 saturated carbocycles. The van der Waals surface area contributed by atoms with E-state index in [1.54, 1.807) is 18.2 Å². The summed E-state index contributed by atoms with van der Waals surface area (Å²) in [4.78, 5) is 50.8. The number of H-pyrrole nitrogens is 1. The van der Waals surface area contributed by atoms with Gasteiger partial charge in [0.1, 0.15) is 17.2 Å². The van der Waals surface area contributed by atoms with Gasteiger partial charge in [-0.1, -0.05) is 24.1 Å². The Morgan fingerprint density at radius 2 is 1.90 bits per heavy atom. The molecule has 31 heavy (non-hydrogen) atoms. The number of aromatic amines is 1. The minimum atomic E-state index is -4.13. The number of imidazole rings is 1. The van der Waals surface area contributed by atoms with Crippen molar-refractivity contribution in [1.29, 1.82) is 0 Å². The van der Waals surface area contributed by atoms with E-state index in [4.69, 9.17) is 16.2 Å². The second-order valence-electron chi connectivity index (χ2n) is 7.10. The Bertz CT molecular complexity index is 1300. The quantitative estimate of drug-likeness (QED) is 0.258. The van der Waals surface area contributed by atoms with Gasteiger partial charge in [-0.15, -0.1) is 6.42 Å².